The van der Waals surface area contributed by atoms with E-state index in [2.05, 4.69) is 15.5 Å². The van der Waals surface area contributed by atoms with Crippen LogP contribution in [0.25, 0.3) is 11.3 Å². The average molecular weight is 323 g/mol. The number of hydrazone groups is 1. The van der Waals surface area contributed by atoms with Crippen LogP contribution >= 0.6 is 11.3 Å². The Hall–Kier alpha value is -2.66. The summed E-state index contributed by atoms with van der Waals surface area (Å²) in [4.78, 5) is 4.52. The highest BCUT2D eigenvalue weighted by atomic mass is 32.1. The van der Waals surface area contributed by atoms with E-state index in [0.717, 1.165) is 27.7 Å². The topological polar surface area (TPSA) is 46.5 Å². The summed E-state index contributed by atoms with van der Waals surface area (Å²) in [6, 6.07) is 17.9. The van der Waals surface area contributed by atoms with E-state index in [4.69, 9.17) is 4.74 Å². The second-order valence-corrected chi connectivity index (χ2v) is 5.63. The fourth-order valence-electron chi connectivity index (χ4n) is 2.05. The van der Waals surface area contributed by atoms with Crippen molar-refractivity contribution >= 4 is 22.7 Å². The number of benzene rings is 2. The van der Waals surface area contributed by atoms with Crippen molar-refractivity contribution < 1.29 is 4.74 Å². The molecule has 0 aliphatic rings. The first-order valence-corrected chi connectivity index (χ1v) is 8.26. The van der Waals surface area contributed by atoms with Crippen molar-refractivity contribution in [3.8, 4) is 17.0 Å². The van der Waals surface area contributed by atoms with Gasteiger partial charge in [-0.1, -0.05) is 30.3 Å². The van der Waals surface area contributed by atoms with Crippen molar-refractivity contribution in [3.63, 3.8) is 0 Å². The van der Waals surface area contributed by atoms with Crippen molar-refractivity contribution in [2.45, 2.75) is 6.92 Å². The van der Waals surface area contributed by atoms with E-state index < -0.39 is 0 Å². The summed E-state index contributed by atoms with van der Waals surface area (Å²) in [7, 11) is 0. The molecule has 116 valence electrons. The average Bonchev–Trinajstić information content (AvgIpc) is 3.06. The van der Waals surface area contributed by atoms with Gasteiger partial charge in [0.2, 0.25) is 5.13 Å². The number of nitrogens with zero attached hydrogens (tertiary/aromatic N) is 2. The minimum absolute atomic E-state index is 0.669. The van der Waals surface area contributed by atoms with Crippen LogP contribution in [0.15, 0.2) is 65.1 Å². The first-order valence-electron chi connectivity index (χ1n) is 7.38. The predicted octanol–water partition coefficient (Wildman–Crippen LogP) is 4.65. The van der Waals surface area contributed by atoms with Crippen LogP contribution in [0.4, 0.5) is 5.13 Å². The van der Waals surface area contributed by atoms with E-state index in [1.54, 1.807) is 6.21 Å². The van der Waals surface area contributed by atoms with Gasteiger partial charge in [0.25, 0.3) is 0 Å². The lowest BCUT2D eigenvalue weighted by molar-refractivity contribution is 0.340. The number of ether oxygens (including phenoxy) is 1. The first-order chi connectivity index (χ1) is 11.3. The summed E-state index contributed by atoms with van der Waals surface area (Å²) in [5.74, 6) is 0.866. The molecule has 0 spiro atoms. The molecule has 0 amide bonds. The maximum Gasteiger partial charge on any atom is 0.203 e. The van der Waals surface area contributed by atoms with Gasteiger partial charge in [0.1, 0.15) is 5.75 Å². The summed E-state index contributed by atoms with van der Waals surface area (Å²) in [6.45, 7) is 2.64. The lowest BCUT2D eigenvalue weighted by atomic mass is 10.2. The van der Waals surface area contributed by atoms with E-state index in [-0.39, 0.29) is 0 Å². The van der Waals surface area contributed by atoms with Gasteiger partial charge in [0, 0.05) is 10.9 Å². The second kappa shape index (κ2) is 7.56. The quantitative estimate of drug-likeness (QED) is 0.530. The molecule has 0 atom stereocenters. The molecule has 1 N–H and O–H groups in total. The molecule has 0 aliphatic heterocycles. The van der Waals surface area contributed by atoms with Crippen molar-refractivity contribution in [2.75, 3.05) is 12.0 Å². The number of hydrogen-bond acceptors (Lipinski definition) is 5. The molecule has 0 unspecified atom stereocenters. The number of aromatic nitrogens is 1. The molecule has 0 fully saturated rings. The van der Waals surface area contributed by atoms with Gasteiger partial charge in [-0.05, 0) is 36.8 Å². The van der Waals surface area contributed by atoms with Gasteiger partial charge in [0.15, 0.2) is 0 Å². The minimum atomic E-state index is 0.669. The van der Waals surface area contributed by atoms with Crippen molar-refractivity contribution in [2.24, 2.45) is 5.10 Å². The highest BCUT2D eigenvalue weighted by Gasteiger charge is 2.02. The lowest BCUT2D eigenvalue weighted by Gasteiger charge is -2.02. The Labute approximate surface area is 139 Å². The van der Waals surface area contributed by atoms with Gasteiger partial charge >= 0.3 is 0 Å². The maximum absolute atomic E-state index is 5.41. The highest BCUT2D eigenvalue weighted by Crippen LogP contribution is 2.24. The number of nitrogens with one attached hydrogen (secondary N) is 1. The van der Waals surface area contributed by atoms with E-state index in [1.165, 1.54) is 11.3 Å². The Morgan fingerprint density at radius 1 is 1.13 bits per heavy atom. The number of rotatable bonds is 6. The molecule has 3 rings (SSSR count). The molecule has 0 saturated heterocycles. The number of anilines is 1. The molecule has 23 heavy (non-hydrogen) atoms. The Morgan fingerprint density at radius 2 is 1.91 bits per heavy atom. The molecule has 0 aliphatic carbocycles. The lowest BCUT2D eigenvalue weighted by Crippen LogP contribution is -1.92. The summed E-state index contributed by atoms with van der Waals surface area (Å²) >= 11 is 1.53. The van der Waals surface area contributed by atoms with Gasteiger partial charge in [-0.15, -0.1) is 11.3 Å². The molecule has 1 heterocycles. The molecule has 2 aromatic carbocycles. The third-order valence-electron chi connectivity index (χ3n) is 3.14. The summed E-state index contributed by atoms with van der Waals surface area (Å²) in [5.41, 5.74) is 6.03. The standard InChI is InChI=1S/C18H17N3OS/c1-2-22-16-10-8-14(9-11-16)12-19-21-18-20-17(13-23-18)15-6-4-3-5-7-15/h3-13H,2H2,1H3,(H,20,21). The van der Waals surface area contributed by atoms with Gasteiger partial charge in [-0.25, -0.2) is 4.98 Å². The normalized spacial score (nSPS) is 10.8. The molecule has 1 aromatic heterocycles. The highest BCUT2D eigenvalue weighted by molar-refractivity contribution is 7.14. The summed E-state index contributed by atoms with van der Waals surface area (Å²) < 4.78 is 5.41. The van der Waals surface area contributed by atoms with Gasteiger partial charge < -0.3 is 4.74 Å². The van der Waals surface area contributed by atoms with E-state index in [1.807, 2.05) is 66.9 Å². The zero-order chi connectivity index (χ0) is 15.9. The SMILES string of the molecule is CCOc1ccc(C=NNc2nc(-c3ccccc3)cs2)cc1. The molecule has 4 nitrogen and oxygen atoms in total. The summed E-state index contributed by atoms with van der Waals surface area (Å²) in [6.07, 6.45) is 1.76. The third-order valence-corrected chi connectivity index (χ3v) is 3.89. The summed E-state index contributed by atoms with van der Waals surface area (Å²) in [5, 5.41) is 7.01. The predicted molar refractivity (Wildman–Crippen MR) is 96.4 cm³/mol. The fraction of sp³-hybridized carbons (Fsp3) is 0.111. The van der Waals surface area contributed by atoms with Gasteiger partial charge in [-0.3, -0.25) is 5.43 Å². The first kappa shape index (κ1) is 15.2. The van der Waals surface area contributed by atoms with Crippen molar-refractivity contribution in [1.82, 2.24) is 4.98 Å². The van der Waals surface area contributed by atoms with Crippen LogP contribution in [-0.4, -0.2) is 17.8 Å². The molecular formula is C18H17N3OS. The van der Waals surface area contributed by atoms with Gasteiger partial charge in [0.05, 0.1) is 18.5 Å². The van der Waals surface area contributed by atoms with Crippen LogP contribution in [-0.2, 0) is 0 Å². The number of thiazole rings is 1. The fourth-order valence-corrected chi connectivity index (χ4v) is 2.71. The van der Waals surface area contributed by atoms with Crippen molar-refractivity contribution in [1.29, 1.82) is 0 Å². The van der Waals surface area contributed by atoms with E-state index in [0.29, 0.717) is 6.61 Å². The molecule has 5 heteroatoms. The zero-order valence-corrected chi connectivity index (χ0v) is 13.6. The van der Waals surface area contributed by atoms with Crippen molar-refractivity contribution in [3.05, 3.63) is 65.5 Å². The van der Waals surface area contributed by atoms with Crippen LogP contribution < -0.4 is 10.2 Å². The third kappa shape index (κ3) is 4.17. The molecular weight excluding hydrogens is 306 g/mol. The van der Waals surface area contributed by atoms with E-state index in [9.17, 15) is 0 Å². The van der Waals surface area contributed by atoms with Crippen LogP contribution in [0.3, 0.4) is 0 Å². The number of hydrogen-bond donors (Lipinski definition) is 1. The van der Waals surface area contributed by atoms with Crippen LogP contribution in [0.2, 0.25) is 0 Å². The minimum Gasteiger partial charge on any atom is -0.494 e. The molecule has 0 radical (unpaired) electrons. The Kier molecular flexibility index (Phi) is 5.01. The van der Waals surface area contributed by atoms with Crippen LogP contribution in [0, 0.1) is 0 Å². The molecule has 0 bridgehead atoms. The monoisotopic (exact) mass is 323 g/mol. The zero-order valence-electron chi connectivity index (χ0n) is 12.8. The van der Waals surface area contributed by atoms with E-state index >= 15 is 0 Å². The molecule has 3 aromatic rings. The second-order valence-electron chi connectivity index (χ2n) is 4.78. The largest absolute Gasteiger partial charge is 0.494 e. The van der Waals surface area contributed by atoms with Crippen LogP contribution in [0.1, 0.15) is 12.5 Å². The smallest absolute Gasteiger partial charge is 0.203 e. The Morgan fingerprint density at radius 3 is 2.65 bits per heavy atom. The maximum atomic E-state index is 5.41. The van der Waals surface area contributed by atoms with Crippen LogP contribution in [0.5, 0.6) is 5.75 Å². The Bertz CT molecular complexity index is 766. The van der Waals surface area contributed by atoms with Gasteiger partial charge in [-0.2, -0.15) is 5.10 Å². The Balaban J connectivity index is 1.61. The molecule has 0 saturated carbocycles.